The van der Waals surface area contributed by atoms with Crippen molar-refractivity contribution in [2.45, 2.75) is 20.4 Å². The van der Waals surface area contributed by atoms with Crippen molar-refractivity contribution in [1.82, 2.24) is 4.98 Å². The number of fused-ring (bicyclic) bond motifs is 1. The molecule has 4 nitrogen and oxygen atoms in total. The highest BCUT2D eigenvalue weighted by Gasteiger charge is 2.09. The minimum Gasteiger partial charge on any atom is -0.478 e. The number of carbonyl (C=O) groups is 1. The number of nitrogens with one attached hydrogen (secondary N) is 1. The van der Waals surface area contributed by atoms with E-state index in [0.717, 1.165) is 10.9 Å². The Labute approximate surface area is 135 Å². The topological polar surface area (TPSA) is 62.2 Å². The molecule has 1 heterocycles. The molecule has 0 amide bonds. The highest BCUT2D eigenvalue weighted by Crippen LogP contribution is 2.20. The summed E-state index contributed by atoms with van der Waals surface area (Å²) in [5, 5.41) is 14.7. The molecule has 2 aromatic carbocycles. The van der Waals surface area contributed by atoms with Crippen LogP contribution in [0, 0.1) is 0 Å². The lowest BCUT2D eigenvalue weighted by Gasteiger charge is -2.11. The lowest BCUT2D eigenvalue weighted by atomic mass is 10.0. The van der Waals surface area contributed by atoms with Gasteiger partial charge in [-0.05, 0) is 22.4 Å². The van der Waals surface area contributed by atoms with E-state index in [9.17, 15) is 4.79 Å². The third-order valence-electron chi connectivity index (χ3n) is 3.40. The van der Waals surface area contributed by atoms with E-state index < -0.39 is 5.97 Å². The molecule has 0 spiro atoms. The van der Waals surface area contributed by atoms with Crippen molar-refractivity contribution in [2.24, 2.45) is 0 Å². The molecule has 0 aliphatic rings. The molecule has 0 bridgehead atoms. The van der Waals surface area contributed by atoms with Crippen LogP contribution in [0.4, 0.5) is 5.69 Å². The molecule has 0 aliphatic carbocycles. The number of aromatic nitrogens is 1. The van der Waals surface area contributed by atoms with E-state index in [1.54, 1.807) is 0 Å². The van der Waals surface area contributed by atoms with Gasteiger partial charge in [-0.1, -0.05) is 56.3 Å². The Balaban J connectivity index is 0.000000924. The van der Waals surface area contributed by atoms with Crippen molar-refractivity contribution < 1.29 is 9.90 Å². The molecule has 0 unspecified atom stereocenters. The lowest BCUT2D eigenvalue weighted by Crippen LogP contribution is -2.07. The Hall–Kier alpha value is -2.88. The molecule has 118 valence electrons. The third-order valence-corrected chi connectivity index (χ3v) is 3.40. The zero-order chi connectivity index (χ0) is 16.7. The van der Waals surface area contributed by atoms with Gasteiger partial charge in [0.15, 0.2) is 0 Å². The molecular formula is C19H20N2O2. The standard InChI is InChI=1S/C17H14N2O2.C2H6/c20-17(21)15-8-9-18-11-16(15)19-10-13-6-3-5-12-4-1-2-7-14(12)13;1-2/h1-9,11,19H,10H2,(H,20,21);1-2H3. The number of hydrogen-bond acceptors (Lipinski definition) is 3. The van der Waals surface area contributed by atoms with Crippen molar-refractivity contribution in [1.29, 1.82) is 0 Å². The SMILES string of the molecule is CC.O=C(O)c1ccncc1NCc1cccc2ccccc12. The number of anilines is 1. The second kappa shape index (κ2) is 7.94. The van der Waals surface area contributed by atoms with Crippen LogP contribution in [0.2, 0.25) is 0 Å². The van der Waals surface area contributed by atoms with Crippen LogP contribution in [0.25, 0.3) is 10.8 Å². The molecule has 0 saturated heterocycles. The zero-order valence-electron chi connectivity index (χ0n) is 13.3. The first-order valence-corrected chi connectivity index (χ1v) is 7.63. The van der Waals surface area contributed by atoms with Gasteiger partial charge in [0.1, 0.15) is 0 Å². The zero-order valence-corrected chi connectivity index (χ0v) is 13.3. The first-order chi connectivity index (χ1) is 11.3. The monoisotopic (exact) mass is 308 g/mol. The van der Waals surface area contributed by atoms with E-state index in [0.29, 0.717) is 12.2 Å². The van der Waals surface area contributed by atoms with Crippen LogP contribution in [-0.2, 0) is 6.54 Å². The molecule has 0 saturated carbocycles. The van der Waals surface area contributed by atoms with Crippen molar-refractivity contribution in [3.05, 3.63) is 72.1 Å². The molecule has 0 atom stereocenters. The number of carboxylic acids is 1. The summed E-state index contributed by atoms with van der Waals surface area (Å²) in [5.74, 6) is -0.960. The quantitative estimate of drug-likeness (QED) is 0.741. The summed E-state index contributed by atoms with van der Waals surface area (Å²) in [6.45, 7) is 4.55. The van der Waals surface area contributed by atoms with E-state index in [-0.39, 0.29) is 5.56 Å². The van der Waals surface area contributed by atoms with Crippen LogP contribution in [-0.4, -0.2) is 16.1 Å². The Morgan fingerprint density at radius 2 is 1.83 bits per heavy atom. The van der Waals surface area contributed by atoms with Crippen molar-refractivity contribution in [3.63, 3.8) is 0 Å². The fraction of sp³-hybridized carbons (Fsp3) is 0.158. The van der Waals surface area contributed by atoms with E-state index in [1.165, 1.54) is 23.8 Å². The van der Waals surface area contributed by atoms with E-state index >= 15 is 0 Å². The van der Waals surface area contributed by atoms with Gasteiger partial charge in [-0.2, -0.15) is 0 Å². The summed E-state index contributed by atoms with van der Waals surface area (Å²) in [4.78, 5) is 15.2. The molecule has 2 N–H and O–H groups in total. The van der Waals surface area contributed by atoms with Crippen LogP contribution in [0.15, 0.2) is 60.9 Å². The van der Waals surface area contributed by atoms with E-state index in [1.807, 2.05) is 38.1 Å². The fourth-order valence-electron chi connectivity index (χ4n) is 2.36. The number of hydrogen-bond donors (Lipinski definition) is 2. The predicted octanol–water partition coefficient (Wildman–Crippen LogP) is 4.57. The molecule has 23 heavy (non-hydrogen) atoms. The van der Waals surface area contributed by atoms with Crippen LogP contribution in [0.3, 0.4) is 0 Å². The highest BCUT2D eigenvalue weighted by atomic mass is 16.4. The molecule has 0 radical (unpaired) electrons. The number of aromatic carboxylic acids is 1. The predicted molar refractivity (Wildman–Crippen MR) is 93.8 cm³/mol. The lowest BCUT2D eigenvalue weighted by molar-refractivity contribution is 0.0698. The largest absolute Gasteiger partial charge is 0.478 e. The third kappa shape index (κ3) is 3.86. The van der Waals surface area contributed by atoms with Gasteiger partial charge in [0.25, 0.3) is 0 Å². The summed E-state index contributed by atoms with van der Waals surface area (Å²) >= 11 is 0. The average Bonchev–Trinajstić information content (AvgIpc) is 2.62. The second-order valence-electron chi connectivity index (χ2n) is 4.72. The Morgan fingerprint density at radius 3 is 2.61 bits per heavy atom. The molecule has 3 aromatic rings. The van der Waals surface area contributed by atoms with Gasteiger partial charge in [-0.3, -0.25) is 4.98 Å². The summed E-state index contributed by atoms with van der Waals surface area (Å²) in [5.41, 5.74) is 1.87. The number of carboxylic acid groups (broad SMARTS) is 1. The summed E-state index contributed by atoms with van der Waals surface area (Å²) in [7, 11) is 0. The normalized spacial score (nSPS) is 9.83. The Bertz CT molecular complexity index is 795. The first kappa shape index (κ1) is 16.5. The Morgan fingerprint density at radius 1 is 1.09 bits per heavy atom. The number of nitrogens with zero attached hydrogens (tertiary/aromatic N) is 1. The smallest absolute Gasteiger partial charge is 0.337 e. The minimum atomic E-state index is -0.960. The van der Waals surface area contributed by atoms with Crippen molar-refractivity contribution in [2.75, 3.05) is 5.32 Å². The maximum atomic E-state index is 11.2. The van der Waals surface area contributed by atoms with Crippen LogP contribution >= 0.6 is 0 Å². The maximum Gasteiger partial charge on any atom is 0.337 e. The number of pyridine rings is 1. The van der Waals surface area contributed by atoms with Crippen LogP contribution in [0.1, 0.15) is 29.8 Å². The molecule has 0 aliphatic heterocycles. The first-order valence-electron chi connectivity index (χ1n) is 7.63. The second-order valence-corrected chi connectivity index (χ2v) is 4.72. The van der Waals surface area contributed by atoms with Gasteiger partial charge in [-0.15, -0.1) is 0 Å². The minimum absolute atomic E-state index is 0.227. The average molecular weight is 308 g/mol. The molecule has 4 heteroatoms. The summed E-state index contributed by atoms with van der Waals surface area (Å²) < 4.78 is 0. The number of benzene rings is 2. The summed E-state index contributed by atoms with van der Waals surface area (Å²) in [6.07, 6.45) is 3.02. The van der Waals surface area contributed by atoms with Gasteiger partial charge in [0.2, 0.25) is 0 Å². The molecule has 3 rings (SSSR count). The molecular weight excluding hydrogens is 288 g/mol. The van der Waals surface area contributed by atoms with Crippen molar-refractivity contribution >= 4 is 22.4 Å². The summed E-state index contributed by atoms with van der Waals surface area (Å²) in [6, 6.07) is 15.7. The highest BCUT2D eigenvalue weighted by molar-refractivity contribution is 5.94. The van der Waals surface area contributed by atoms with Gasteiger partial charge < -0.3 is 10.4 Å². The molecule has 1 aromatic heterocycles. The fourth-order valence-corrected chi connectivity index (χ4v) is 2.36. The van der Waals surface area contributed by atoms with E-state index in [4.69, 9.17) is 5.11 Å². The van der Waals surface area contributed by atoms with Crippen LogP contribution < -0.4 is 5.32 Å². The van der Waals surface area contributed by atoms with Crippen LogP contribution in [0.5, 0.6) is 0 Å². The Kier molecular flexibility index (Phi) is 5.69. The van der Waals surface area contributed by atoms with E-state index in [2.05, 4.69) is 28.5 Å². The van der Waals surface area contributed by atoms with Gasteiger partial charge in [0.05, 0.1) is 17.4 Å². The van der Waals surface area contributed by atoms with Gasteiger partial charge in [-0.25, -0.2) is 4.79 Å². The van der Waals surface area contributed by atoms with Gasteiger partial charge in [0, 0.05) is 12.7 Å². The number of rotatable bonds is 4. The van der Waals surface area contributed by atoms with Crippen molar-refractivity contribution in [3.8, 4) is 0 Å². The van der Waals surface area contributed by atoms with Gasteiger partial charge >= 0.3 is 5.97 Å². The molecule has 0 fully saturated rings. The maximum absolute atomic E-state index is 11.2.